The molecule has 2 atom stereocenters. The second-order valence-electron chi connectivity index (χ2n) is 10.1. The number of ether oxygens (including phenoxy) is 1. The first-order valence-corrected chi connectivity index (χ1v) is 12.5. The lowest BCUT2D eigenvalue weighted by Crippen LogP contribution is -2.51. The fourth-order valence-electron chi connectivity index (χ4n) is 4.02. The lowest BCUT2D eigenvalue weighted by molar-refractivity contribution is -0.137. The van der Waals surface area contributed by atoms with Crippen LogP contribution in [0.4, 0.5) is 10.5 Å². The minimum Gasteiger partial charge on any atom is -0.508 e. The number of hydrogen-bond acceptors (Lipinski definition) is 6. The molecule has 5 N–H and O–H groups in total. The first-order chi connectivity index (χ1) is 18.9. The van der Waals surface area contributed by atoms with E-state index in [1.54, 1.807) is 32.9 Å². The number of carbonyl (C=O) groups excluding carboxylic acids is 4. The summed E-state index contributed by atoms with van der Waals surface area (Å²) >= 11 is 0. The summed E-state index contributed by atoms with van der Waals surface area (Å²) in [6, 6.07) is 18.1. The van der Waals surface area contributed by atoms with E-state index in [4.69, 9.17) is 16.9 Å². The highest BCUT2D eigenvalue weighted by Crippen LogP contribution is 2.28. The largest absolute Gasteiger partial charge is 0.508 e. The summed E-state index contributed by atoms with van der Waals surface area (Å²) in [5, 5.41) is 17.2. The zero-order valence-electron chi connectivity index (χ0n) is 22.5. The summed E-state index contributed by atoms with van der Waals surface area (Å²) in [4.78, 5) is 52.3. The summed E-state index contributed by atoms with van der Waals surface area (Å²) in [5.41, 5.74) is 5.09. The molecule has 0 radical (unpaired) electrons. The molecule has 3 rings (SSSR count). The molecular weight excluding hydrogens is 512 g/mol. The van der Waals surface area contributed by atoms with Crippen molar-refractivity contribution >= 4 is 40.3 Å². The number of benzene rings is 3. The van der Waals surface area contributed by atoms with Gasteiger partial charge in [-0.15, -0.1) is 0 Å². The maximum atomic E-state index is 13.7. The average molecular weight is 545 g/mol. The summed E-state index contributed by atoms with van der Waals surface area (Å²) in [6.45, 7) is 4.95. The topological polar surface area (TPSA) is 151 Å². The first kappa shape index (κ1) is 29.5. The zero-order valence-corrected chi connectivity index (χ0v) is 22.5. The maximum absolute atomic E-state index is 13.7. The highest BCUT2D eigenvalue weighted by atomic mass is 16.6. The van der Waals surface area contributed by atoms with Crippen molar-refractivity contribution in [2.75, 3.05) is 5.32 Å². The number of alkyl carbamates (subject to hydrolysis) is 1. The third-order valence-electron chi connectivity index (χ3n) is 5.75. The standard InChI is InChI=1S/C30H32N4O6/c1-5-34(28(38)24(15-16-25(31)36)33-29(39)40-30(2,3)4)26(21-11-8-12-23(35)18-21)27(37)32-22-14-13-19-9-6-7-10-20(19)17-22/h1,6-14,17-18,24,26,35H,15-16H2,2-4H3,(H2,31,36)(H,32,37)(H,33,39). The number of terminal acetylenes is 1. The number of anilines is 1. The van der Waals surface area contributed by atoms with E-state index in [1.807, 2.05) is 30.3 Å². The number of rotatable bonds is 9. The Hall–Kier alpha value is -5.04. The van der Waals surface area contributed by atoms with Crippen LogP contribution < -0.4 is 16.4 Å². The number of fused-ring (bicyclic) bond motifs is 1. The zero-order chi connectivity index (χ0) is 29.4. The smallest absolute Gasteiger partial charge is 0.408 e. The number of phenolic OH excluding ortho intramolecular Hbond substituents is 1. The molecule has 0 heterocycles. The van der Waals surface area contributed by atoms with Crippen molar-refractivity contribution in [1.82, 2.24) is 10.2 Å². The third-order valence-corrected chi connectivity index (χ3v) is 5.75. The molecule has 0 aliphatic rings. The molecule has 40 heavy (non-hydrogen) atoms. The van der Waals surface area contributed by atoms with Crippen LogP contribution in [0.1, 0.15) is 45.2 Å². The summed E-state index contributed by atoms with van der Waals surface area (Å²) in [5.74, 6) is -2.37. The summed E-state index contributed by atoms with van der Waals surface area (Å²) in [6.07, 6.45) is 4.41. The Morgan fingerprint density at radius 1 is 1.02 bits per heavy atom. The molecule has 10 heteroatoms. The molecular formula is C30H32N4O6. The number of nitrogens with one attached hydrogen (secondary N) is 2. The Morgan fingerprint density at radius 2 is 1.73 bits per heavy atom. The molecule has 0 aliphatic carbocycles. The van der Waals surface area contributed by atoms with E-state index in [1.165, 1.54) is 24.3 Å². The van der Waals surface area contributed by atoms with Crippen molar-refractivity contribution in [1.29, 1.82) is 0 Å². The number of primary amides is 1. The SMILES string of the molecule is C#CN(C(=O)C(CCC(N)=O)NC(=O)OC(C)(C)C)C(C(=O)Nc1ccc2ccccc2c1)c1cccc(O)c1. The van der Waals surface area contributed by atoms with Crippen molar-refractivity contribution in [2.45, 2.75) is 51.3 Å². The molecule has 2 unspecified atom stereocenters. The fraction of sp³-hybridized carbons (Fsp3) is 0.267. The first-order valence-electron chi connectivity index (χ1n) is 12.5. The van der Waals surface area contributed by atoms with Crippen molar-refractivity contribution in [3.63, 3.8) is 0 Å². The van der Waals surface area contributed by atoms with Gasteiger partial charge in [0.05, 0.1) is 0 Å². The molecule has 0 bridgehead atoms. The molecule has 0 saturated carbocycles. The lowest BCUT2D eigenvalue weighted by atomic mass is 10.0. The molecule has 0 saturated heterocycles. The Balaban J connectivity index is 1.98. The van der Waals surface area contributed by atoms with Crippen molar-refractivity contribution in [2.24, 2.45) is 5.73 Å². The Morgan fingerprint density at radius 3 is 2.35 bits per heavy atom. The minimum absolute atomic E-state index is 0.150. The van der Waals surface area contributed by atoms with E-state index >= 15 is 0 Å². The van der Waals surface area contributed by atoms with E-state index in [2.05, 4.69) is 16.7 Å². The summed E-state index contributed by atoms with van der Waals surface area (Å²) < 4.78 is 5.26. The number of amides is 4. The van der Waals surface area contributed by atoms with Gasteiger partial charge in [-0.05, 0) is 67.8 Å². The van der Waals surface area contributed by atoms with Gasteiger partial charge in [0.25, 0.3) is 11.8 Å². The minimum atomic E-state index is -1.41. The van der Waals surface area contributed by atoms with Crippen LogP contribution in [0.5, 0.6) is 5.75 Å². The Kier molecular flexibility index (Phi) is 9.35. The predicted octanol–water partition coefficient (Wildman–Crippen LogP) is 3.80. The van der Waals surface area contributed by atoms with Crippen LogP contribution in [0.25, 0.3) is 10.8 Å². The van der Waals surface area contributed by atoms with Crippen LogP contribution in [-0.4, -0.2) is 45.5 Å². The molecule has 3 aromatic carbocycles. The summed E-state index contributed by atoms with van der Waals surface area (Å²) in [7, 11) is 0. The van der Waals surface area contributed by atoms with Crippen LogP contribution in [0, 0.1) is 12.5 Å². The van der Waals surface area contributed by atoms with E-state index in [0.717, 1.165) is 15.7 Å². The van der Waals surface area contributed by atoms with Gasteiger partial charge >= 0.3 is 6.09 Å². The second kappa shape index (κ2) is 12.7. The van der Waals surface area contributed by atoms with Crippen LogP contribution in [-0.2, 0) is 19.1 Å². The van der Waals surface area contributed by atoms with Crippen LogP contribution in [0.15, 0.2) is 66.7 Å². The molecule has 0 aromatic heterocycles. The number of nitrogens with zero attached hydrogens (tertiary/aromatic N) is 1. The fourth-order valence-corrected chi connectivity index (χ4v) is 4.02. The number of phenols is 1. The highest BCUT2D eigenvalue weighted by molar-refractivity contribution is 6.01. The van der Waals surface area contributed by atoms with E-state index in [0.29, 0.717) is 5.69 Å². The molecule has 0 spiro atoms. The number of hydrogen-bond donors (Lipinski definition) is 4. The van der Waals surface area contributed by atoms with Crippen molar-refractivity contribution in [3.05, 3.63) is 72.3 Å². The van der Waals surface area contributed by atoms with Crippen molar-refractivity contribution < 1.29 is 29.0 Å². The van der Waals surface area contributed by atoms with Crippen LogP contribution in [0.2, 0.25) is 0 Å². The molecule has 208 valence electrons. The van der Waals surface area contributed by atoms with Gasteiger partial charge < -0.3 is 26.2 Å². The van der Waals surface area contributed by atoms with E-state index in [-0.39, 0.29) is 24.2 Å². The van der Waals surface area contributed by atoms with Gasteiger partial charge in [-0.2, -0.15) is 0 Å². The number of aromatic hydroxyl groups is 1. The van der Waals surface area contributed by atoms with Gasteiger partial charge in [0.15, 0.2) is 0 Å². The highest BCUT2D eigenvalue weighted by Gasteiger charge is 2.36. The van der Waals surface area contributed by atoms with E-state index < -0.39 is 41.5 Å². The second-order valence-corrected chi connectivity index (χ2v) is 10.1. The number of nitrogens with two attached hydrogens (primary N) is 1. The molecule has 4 amide bonds. The molecule has 10 nitrogen and oxygen atoms in total. The Labute approximate surface area is 232 Å². The third kappa shape index (κ3) is 7.98. The van der Waals surface area contributed by atoms with Gasteiger partial charge in [-0.3, -0.25) is 19.3 Å². The van der Waals surface area contributed by atoms with Crippen LogP contribution in [0.3, 0.4) is 0 Å². The number of carbonyl (C=O) groups is 4. The molecule has 0 aliphatic heterocycles. The van der Waals surface area contributed by atoms with Gasteiger partial charge in [-0.1, -0.05) is 48.9 Å². The van der Waals surface area contributed by atoms with Gasteiger partial charge in [-0.25, -0.2) is 4.79 Å². The van der Waals surface area contributed by atoms with Crippen molar-refractivity contribution in [3.8, 4) is 18.2 Å². The Bertz CT molecular complexity index is 1460. The average Bonchev–Trinajstić information content (AvgIpc) is 2.87. The van der Waals surface area contributed by atoms with Gasteiger partial charge in [0.2, 0.25) is 5.91 Å². The van der Waals surface area contributed by atoms with E-state index in [9.17, 15) is 24.3 Å². The van der Waals surface area contributed by atoms with Gasteiger partial charge in [0.1, 0.15) is 23.4 Å². The monoisotopic (exact) mass is 544 g/mol. The molecule has 3 aromatic rings. The van der Waals surface area contributed by atoms with Crippen LogP contribution >= 0.6 is 0 Å². The normalized spacial score (nSPS) is 12.4. The quantitative estimate of drug-likeness (QED) is 0.238. The molecule has 0 fully saturated rings. The van der Waals surface area contributed by atoms with Gasteiger partial charge in [0, 0.05) is 18.2 Å². The predicted molar refractivity (Wildman–Crippen MR) is 151 cm³/mol. The maximum Gasteiger partial charge on any atom is 0.408 e. The lowest BCUT2D eigenvalue weighted by Gasteiger charge is -2.30.